The number of carbonyl (C=O) groups is 1. The van der Waals surface area contributed by atoms with Crippen molar-refractivity contribution in [1.29, 1.82) is 0 Å². The standard InChI is InChI=1S/C22H30N4O4/c1-5-23-21(24-14-16(2)30-20-8-6-7-19(13-20)28-3)25-15-17-9-11-18(12-10-17)26-22(27)29-4/h6-13,16H,5,14-15H2,1-4H3,(H,26,27)(H2,23,24,25). The predicted octanol–water partition coefficient (Wildman–Crippen LogP) is 3.40. The number of amides is 1. The zero-order valence-corrected chi connectivity index (χ0v) is 17.9. The Kier molecular flexibility index (Phi) is 9.30. The van der Waals surface area contributed by atoms with Gasteiger partial charge in [0.2, 0.25) is 0 Å². The van der Waals surface area contributed by atoms with Crippen LogP contribution in [0.4, 0.5) is 10.5 Å². The Morgan fingerprint density at radius 3 is 2.47 bits per heavy atom. The Balaban J connectivity index is 1.88. The maximum atomic E-state index is 11.2. The van der Waals surface area contributed by atoms with Gasteiger partial charge < -0.3 is 24.8 Å². The van der Waals surface area contributed by atoms with E-state index in [4.69, 9.17) is 9.47 Å². The number of rotatable bonds is 9. The number of nitrogens with one attached hydrogen (secondary N) is 3. The van der Waals surface area contributed by atoms with Gasteiger partial charge in [-0.2, -0.15) is 0 Å². The highest BCUT2D eigenvalue weighted by atomic mass is 16.5. The highest BCUT2D eigenvalue weighted by molar-refractivity contribution is 5.84. The van der Waals surface area contributed by atoms with E-state index >= 15 is 0 Å². The molecule has 0 fully saturated rings. The molecule has 1 unspecified atom stereocenters. The van der Waals surface area contributed by atoms with Gasteiger partial charge in [-0.15, -0.1) is 0 Å². The van der Waals surface area contributed by atoms with Gasteiger partial charge in [0, 0.05) is 18.3 Å². The number of benzene rings is 2. The average Bonchev–Trinajstić information content (AvgIpc) is 2.76. The third kappa shape index (κ3) is 7.90. The molecule has 2 rings (SSSR count). The molecule has 2 aromatic rings. The number of ether oxygens (including phenoxy) is 3. The topological polar surface area (TPSA) is 93.2 Å². The summed E-state index contributed by atoms with van der Waals surface area (Å²) in [5, 5.41) is 9.14. The van der Waals surface area contributed by atoms with Crippen LogP contribution in [0.2, 0.25) is 0 Å². The van der Waals surface area contributed by atoms with E-state index in [9.17, 15) is 4.79 Å². The number of hydrogen-bond acceptors (Lipinski definition) is 5. The highest BCUT2D eigenvalue weighted by Crippen LogP contribution is 2.19. The van der Waals surface area contributed by atoms with Crippen molar-refractivity contribution in [3.8, 4) is 11.5 Å². The van der Waals surface area contributed by atoms with Crippen molar-refractivity contribution < 1.29 is 19.0 Å². The first kappa shape index (κ1) is 22.9. The van der Waals surface area contributed by atoms with Gasteiger partial charge in [0.1, 0.15) is 17.6 Å². The van der Waals surface area contributed by atoms with Crippen molar-refractivity contribution in [2.24, 2.45) is 4.99 Å². The molecule has 0 aliphatic heterocycles. The molecule has 0 aromatic heterocycles. The quantitative estimate of drug-likeness (QED) is 0.430. The summed E-state index contributed by atoms with van der Waals surface area (Å²) >= 11 is 0. The van der Waals surface area contributed by atoms with Crippen LogP contribution in [0.3, 0.4) is 0 Å². The van der Waals surface area contributed by atoms with E-state index in [1.54, 1.807) is 7.11 Å². The van der Waals surface area contributed by atoms with Crippen molar-refractivity contribution >= 4 is 17.7 Å². The second-order valence-corrected chi connectivity index (χ2v) is 6.50. The van der Waals surface area contributed by atoms with Gasteiger partial charge in [-0.3, -0.25) is 5.32 Å². The summed E-state index contributed by atoms with van der Waals surface area (Å²) in [6, 6.07) is 15.0. The zero-order valence-electron chi connectivity index (χ0n) is 17.9. The highest BCUT2D eigenvalue weighted by Gasteiger charge is 2.07. The van der Waals surface area contributed by atoms with Crippen molar-refractivity contribution in [3.05, 3.63) is 54.1 Å². The van der Waals surface area contributed by atoms with Gasteiger partial charge in [-0.25, -0.2) is 9.79 Å². The first-order chi connectivity index (χ1) is 14.5. The third-order valence-electron chi connectivity index (χ3n) is 4.09. The molecule has 0 saturated carbocycles. The lowest BCUT2D eigenvalue weighted by Crippen LogP contribution is -2.41. The second kappa shape index (κ2) is 12.2. The number of aliphatic imine (C=N–C) groups is 1. The fraction of sp³-hybridized carbons (Fsp3) is 0.364. The summed E-state index contributed by atoms with van der Waals surface area (Å²) in [6.45, 7) is 5.84. The molecular formula is C22H30N4O4. The summed E-state index contributed by atoms with van der Waals surface area (Å²) in [7, 11) is 2.96. The summed E-state index contributed by atoms with van der Waals surface area (Å²) in [6.07, 6.45) is -0.561. The lowest BCUT2D eigenvalue weighted by molar-refractivity contribution is 0.187. The van der Waals surface area contributed by atoms with Gasteiger partial charge in [0.25, 0.3) is 0 Å². The average molecular weight is 415 g/mol. The van der Waals surface area contributed by atoms with Gasteiger partial charge in [-0.1, -0.05) is 18.2 Å². The minimum atomic E-state index is -0.496. The number of hydrogen-bond donors (Lipinski definition) is 3. The van der Waals surface area contributed by atoms with Gasteiger partial charge in [-0.05, 0) is 43.7 Å². The van der Waals surface area contributed by atoms with Gasteiger partial charge in [0.15, 0.2) is 5.96 Å². The molecule has 30 heavy (non-hydrogen) atoms. The van der Waals surface area contributed by atoms with E-state index in [0.29, 0.717) is 24.7 Å². The molecular weight excluding hydrogens is 384 g/mol. The van der Waals surface area contributed by atoms with Crippen molar-refractivity contribution in [2.75, 3.05) is 32.6 Å². The van der Waals surface area contributed by atoms with E-state index in [-0.39, 0.29) is 6.10 Å². The number of anilines is 1. The molecule has 8 heteroatoms. The summed E-state index contributed by atoms with van der Waals surface area (Å²) < 4.78 is 15.7. The smallest absolute Gasteiger partial charge is 0.411 e. The van der Waals surface area contributed by atoms with Gasteiger partial charge in [0.05, 0.1) is 27.3 Å². The molecule has 0 heterocycles. The Labute approximate surface area is 177 Å². The minimum Gasteiger partial charge on any atom is -0.497 e. The van der Waals surface area contributed by atoms with Crippen LogP contribution >= 0.6 is 0 Å². The molecule has 3 N–H and O–H groups in total. The van der Waals surface area contributed by atoms with E-state index in [1.807, 2.05) is 62.4 Å². The molecule has 0 aliphatic carbocycles. The number of carbonyl (C=O) groups excluding carboxylic acids is 1. The fourth-order valence-corrected chi connectivity index (χ4v) is 2.56. The largest absolute Gasteiger partial charge is 0.497 e. The Morgan fingerprint density at radius 2 is 1.80 bits per heavy atom. The molecule has 0 bridgehead atoms. The first-order valence-corrected chi connectivity index (χ1v) is 9.80. The molecule has 1 amide bonds. The first-order valence-electron chi connectivity index (χ1n) is 9.80. The zero-order chi connectivity index (χ0) is 21.8. The Bertz CT molecular complexity index is 824. The van der Waals surface area contributed by atoms with Crippen molar-refractivity contribution in [2.45, 2.75) is 26.5 Å². The molecule has 0 spiro atoms. The van der Waals surface area contributed by atoms with E-state index < -0.39 is 6.09 Å². The number of nitrogens with zero attached hydrogens (tertiary/aromatic N) is 1. The third-order valence-corrected chi connectivity index (χ3v) is 4.09. The monoisotopic (exact) mass is 414 g/mol. The number of guanidine groups is 1. The molecule has 0 saturated heterocycles. The lowest BCUT2D eigenvalue weighted by atomic mass is 10.2. The van der Waals surface area contributed by atoms with Crippen LogP contribution in [0.15, 0.2) is 53.5 Å². The maximum absolute atomic E-state index is 11.2. The van der Waals surface area contributed by atoms with Crippen LogP contribution in [-0.4, -0.2) is 45.5 Å². The Hall–Kier alpha value is -3.42. The summed E-state index contributed by atoms with van der Waals surface area (Å²) in [4.78, 5) is 15.8. The van der Waals surface area contributed by atoms with Gasteiger partial charge >= 0.3 is 6.09 Å². The Morgan fingerprint density at radius 1 is 1.07 bits per heavy atom. The molecule has 0 aliphatic rings. The predicted molar refractivity (Wildman–Crippen MR) is 118 cm³/mol. The van der Waals surface area contributed by atoms with Crippen LogP contribution in [0.5, 0.6) is 11.5 Å². The molecule has 1 atom stereocenters. The summed E-state index contributed by atoms with van der Waals surface area (Å²) in [5.74, 6) is 2.22. The van der Waals surface area contributed by atoms with Crippen LogP contribution < -0.4 is 25.4 Å². The molecule has 8 nitrogen and oxygen atoms in total. The maximum Gasteiger partial charge on any atom is 0.411 e. The van der Waals surface area contributed by atoms with Crippen LogP contribution in [-0.2, 0) is 11.3 Å². The lowest BCUT2D eigenvalue weighted by Gasteiger charge is -2.18. The van der Waals surface area contributed by atoms with Crippen molar-refractivity contribution in [3.63, 3.8) is 0 Å². The fourth-order valence-electron chi connectivity index (χ4n) is 2.56. The van der Waals surface area contributed by atoms with E-state index in [2.05, 4.69) is 25.7 Å². The van der Waals surface area contributed by atoms with E-state index in [1.165, 1.54) is 7.11 Å². The minimum absolute atomic E-state index is 0.0651. The van der Waals surface area contributed by atoms with Crippen molar-refractivity contribution in [1.82, 2.24) is 10.6 Å². The van der Waals surface area contributed by atoms with Crippen LogP contribution in [0.25, 0.3) is 0 Å². The van der Waals surface area contributed by atoms with Crippen LogP contribution in [0.1, 0.15) is 19.4 Å². The van der Waals surface area contributed by atoms with Crippen LogP contribution in [0, 0.1) is 0 Å². The van der Waals surface area contributed by atoms with E-state index in [0.717, 1.165) is 23.6 Å². The molecule has 162 valence electrons. The normalized spacial score (nSPS) is 11.9. The number of methoxy groups -OCH3 is 2. The SMILES string of the molecule is CCNC(=NCc1ccc(NC(=O)OC)cc1)NCC(C)Oc1cccc(OC)c1. The molecule has 2 aromatic carbocycles. The molecule has 0 radical (unpaired) electrons. The second-order valence-electron chi connectivity index (χ2n) is 6.50. The summed E-state index contributed by atoms with van der Waals surface area (Å²) in [5.41, 5.74) is 1.69.